The third-order valence-electron chi connectivity index (χ3n) is 3.11. The van der Waals surface area contributed by atoms with Gasteiger partial charge in [-0.3, -0.25) is 0 Å². The molecule has 21 heavy (non-hydrogen) atoms. The lowest BCUT2D eigenvalue weighted by atomic mass is 10.1. The molecule has 0 saturated carbocycles. The Morgan fingerprint density at radius 3 is 2.48 bits per heavy atom. The number of aromatic amines is 1. The Hall–Kier alpha value is -2.04. The Bertz CT molecular complexity index is 835. The second-order valence-electron chi connectivity index (χ2n) is 4.65. The minimum Gasteiger partial charge on any atom is -0.493 e. The van der Waals surface area contributed by atoms with Crippen LogP contribution in [0.5, 0.6) is 5.88 Å². The van der Waals surface area contributed by atoms with Crippen molar-refractivity contribution in [3.63, 3.8) is 0 Å². The quantitative estimate of drug-likeness (QED) is 0.567. The van der Waals surface area contributed by atoms with Crippen LogP contribution < -0.4 is 0 Å². The van der Waals surface area contributed by atoms with Gasteiger partial charge in [-0.25, -0.2) is 0 Å². The number of hydrogen-bond donors (Lipinski definition) is 2. The maximum Gasteiger partial charge on any atom is 0.218 e. The van der Waals surface area contributed by atoms with E-state index in [9.17, 15) is 5.11 Å². The summed E-state index contributed by atoms with van der Waals surface area (Å²) in [5.41, 5.74) is 2.78. The van der Waals surface area contributed by atoms with Gasteiger partial charge in [-0.05, 0) is 30.7 Å². The van der Waals surface area contributed by atoms with Crippen LogP contribution in [-0.4, -0.2) is 10.1 Å². The number of aromatic nitrogens is 1. The molecule has 0 fully saturated rings. The SMILES string of the molecule is Cc1cccc2c(N=Nc3cc(Cl)cc(Cl)c3)c(O)[nH]c12. The Morgan fingerprint density at radius 1 is 1.05 bits per heavy atom. The van der Waals surface area contributed by atoms with E-state index in [1.807, 2.05) is 25.1 Å². The molecule has 0 radical (unpaired) electrons. The molecule has 4 nitrogen and oxygen atoms in total. The van der Waals surface area contributed by atoms with E-state index >= 15 is 0 Å². The Balaban J connectivity index is 2.07. The number of hydrogen-bond acceptors (Lipinski definition) is 3. The fraction of sp³-hybridized carbons (Fsp3) is 0.0667. The lowest BCUT2D eigenvalue weighted by molar-refractivity contribution is 0.459. The number of halogens is 2. The van der Waals surface area contributed by atoms with Gasteiger partial charge < -0.3 is 10.1 Å². The summed E-state index contributed by atoms with van der Waals surface area (Å²) >= 11 is 11.8. The van der Waals surface area contributed by atoms with Gasteiger partial charge in [-0.15, -0.1) is 5.11 Å². The highest BCUT2D eigenvalue weighted by molar-refractivity contribution is 6.35. The van der Waals surface area contributed by atoms with Crippen LogP contribution in [0.25, 0.3) is 10.9 Å². The van der Waals surface area contributed by atoms with Crippen molar-refractivity contribution in [3.05, 3.63) is 52.0 Å². The van der Waals surface area contributed by atoms with Gasteiger partial charge in [0.1, 0.15) is 0 Å². The fourth-order valence-electron chi connectivity index (χ4n) is 2.14. The van der Waals surface area contributed by atoms with Gasteiger partial charge in [0.05, 0.1) is 11.2 Å². The first-order chi connectivity index (χ1) is 10.0. The van der Waals surface area contributed by atoms with Gasteiger partial charge in [-0.1, -0.05) is 41.4 Å². The van der Waals surface area contributed by atoms with Crippen molar-refractivity contribution in [3.8, 4) is 5.88 Å². The van der Waals surface area contributed by atoms with Gasteiger partial charge >= 0.3 is 0 Å². The van der Waals surface area contributed by atoms with E-state index in [4.69, 9.17) is 23.2 Å². The number of aryl methyl sites for hydroxylation is 1. The first-order valence-electron chi connectivity index (χ1n) is 6.22. The number of aromatic hydroxyl groups is 1. The summed E-state index contributed by atoms with van der Waals surface area (Å²) < 4.78 is 0. The topological polar surface area (TPSA) is 60.7 Å². The minimum absolute atomic E-state index is 0.0174. The number of fused-ring (bicyclic) bond motifs is 1. The number of azo groups is 1. The van der Waals surface area contributed by atoms with Gasteiger partial charge in [0.2, 0.25) is 5.88 Å². The number of H-pyrrole nitrogens is 1. The predicted molar refractivity (Wildman–Crippen MR) is 85.3 cm³/mol. The molecule has 3 aromatic rings. The van der Waals surface area contributed by atoms with Crippen molar-refractivity contribution in [1.29, 1.82) is 0 Å². The van der Waals surface area contributed by atoms with Gasteiger partial charge in [0.25, 0.3) is 0 Å². The molecule has 0 aliphatic rings. The van der Waals surface area contributed by atoms with Crippen molar-refractivity contribution < 1.29 is 5.11 Å². The van der Waals surface area contributed by atoms with Gasteiger partial charge in [-0.2, -0.15) is 5.11 Å². The van der Waals surface area contributed by atoms with Crippen molar-refractivity contribution in [2.24, 2.45) is 10.2 Å². The normalized spacial score (nSPS) is 11.6. The first kappa shape index (κ1) is 13.9. The lowest BCUT2D eigenvalue weighted by Crippen LogP contribution is -1.73. The third-order valence-corrected chi connectivity index (χ3v) is 3.54. The van der Waals surface area contributed by atoms with E-state index in [1.165, 1.54) is 0 Å². The number of benzene rings is 2. The zero-order valence-electron chi connectivity index (χ0n) is 11.1. The average molecular weight is 320 g/mol. The van der Waals surface area contributed by atoms with Crippen molar-refractivity contribution >= 4 is 45.5 Å². The molecule has 0 aliphatic carbocycles. The lowest BCUT2D eigenvalue weighted by Gasteiger charge is -1.96. The Labute approximate surface area is 131 Å². The van der Waals surface area contributed by atoms with Crippen LogP contribution in [0, 0.1) is 6.92 Å². The second kappa shape index (κ2) is 5.39. The molecule has 2 N–H and O–H groups in total. The number of nitrogens with one attached hydrogen (secondary N) is 1. The molecular weight excluding hydrogens is 309 g/mol. The number of nitrogens with zero attached hydrogens (tertiary/aromatic N) is 2. The molecule has 0 unspecified atom stereocenters. The average Bonchev–Trinajstić information content (AvgIpc) is 2.73. The molecule has 2 aromatic carbocycles. The smallest absolute Gasteiger partial charge is 0.218 e. The van der Waals surface area contributed by atoms with E-state index < -0.39 is 0 Å². The molecule has 6 heteroatoms. The standard InChI is InChI=1S/C15H11Cl2N3O/c1-8-3-2-4-12-13(8)18-15(21)14(12)20-19-11-6-9(16)5-10(17)7-11/h2-7,18,21H,1H3. The Morgan fingerprint density at radius 2 is 1.76 bits per heavy atom. The second-order valence-corrected chi connectivity index (χ2v) is 5.52. The molecule has 0 saturated heterocycles. The van der Waals surface area contributed by atoms with Crippen LogP contribution in [0.2, 0.25) is 10.0 Å². The summed E-state index contributed by atoms with van der Waals surface area (Å²) in [7, 11) is 0. The van der Waals surface area contributed by atoms with Crippen LogP contribution in [0.3, 0.4) is 0 Å². The molecule has 0 amide bonds. The Kier molecular flexibility index (Phi) is 3.57. The molecule has 0 spiro atoms. The molecule has 0 atom stereocenters. The molecule has 1 aromatic heterocycles. The summed E-state index contributed by atoms with van der Waals surface area (Å²) in [4.78, 5) is 2.90. The zero-order valence-corrected chi connectivity index (χ0v) is 12.6. The van der Waals surface area contributed by atoms with E-state index in [0.29, 0.717) is 21.4 Å². The van der Waals surface area contributed by atoms with Crippen molar-refractivity contribution in [2.45, 2.75) is 6.92 Å². The highest BCUT2D eigenvalue weighted by Crippen LogP contribution is 2.37. The van der Waals surface area contributed by atoms with Gasteiger partial charge in [0.15, 0.2) is 5.69 Å². The van der Waals surface area contributed by atoms with Gasteiger partial charge in [0, 0.05) is 15.4 Å². The summed E-state index contributed by atoms with van der Waals surface area (Å²) in [5, 5.41) is 20.0. The molecular formula is C15H11Cl2N3O. The summed E-state index contributed by atoms with van der Waals surface area (Å²) in [5.74, 6) is -0.0174. The van der Waals surface area contributed by atoms with E-state index in [2.05, 4.69) is 15.2 Å². The number of rotatable bonds is 2. The molecule has 0 aliphatic heterocycles. The largest absolute Gasteiger partial charge is 0.493 e. The molecule has 3 rings (SSSR count). The van der Waals surface area contributed by atoms with Crippen LogP contribution in [0.4, 0.5) is 11.4 Å². The predicted octanol–water partition coefficient (Wildman–Crippen LogP) is 5.90. The number of para-hydroxylation sites is 1. The fourth-order valence-corrected chi connectivity index (χ4v) is 2.66. The first-order valence-corrected chi connectivity index (χ1v) is 6.98. The summed E-state index contributed by atoms with van der Waals surface area (Å²) in [6, 6.07) is 10.6. The molecule has 106 valence electrons. The zero-order chi connectivity index (χ0) is 15.0. The van der Waals surface area contributed by atoms with Crippen LogP contribution in [0.1, 0.15) is 5.56 Å². The summed E-state index contributed by atoms with van der Waals surface area (Å²) in [6.45, 7) is 1.95. The highest BCUT2D eigenvalue weighted by atomic mass is 35.5. The highest BCUT2D eigenvalue weighted by Gasteiger charge is 2.11. The maximum atomic E-state index is 9.98. The van der Waals surface area contributed by atoms with Crippen molar-refractivity contribution in [2.75, 3.05) is 0 Å². The van der Waals surface area contributed by atoms with E-state index in [0.717, 1.165) is 16.5 Å². The third kappa shape index (κ3) is 2.73. The van der Waals surface area contributed by atoms with E-state index in [-0.39, 0.29) is 5.88 Å². The van der Waals surface area contributed by atoms with Crippen LogP contribution in [-0.2, 0) is 0 Å². The van der Waals surface area contributed by atoms with E-state index in [1.54, 1.807) is 18.2 Å². The van der Waals surface area contributed by atoms with Crippen molar-refractivity contribution in [1.82, 2.24) is 4.98 Å². The minimum atomic E-state index is -0.0174. The van der Waals surface area contributed by atoms with Crippen LogP contribution in [0.15, 0.2) is 46.6 Å². The monoisotopic (exact) mass is 319 g/mol. The molecule has 0 bridgehead atoms. The summed E-state index contributed by atoms with van der Waals surface area (Å²) in [6.07, 6.45) is 0. The maximum absolute atomic E-state index is 9.98. The van der Waals surface area contributed by atoms with Crippen LogP contribution >= 0.6 is 23.2 Å². The molecule has 1 heterocycles.